The Morgan fingerprint density at radius 1 is 1.03 bits per heavy atom. The number of nitrogens with one attached hydrogen (secondary N) is 1. The second-order valence-corrected chi connectivity index (χ2v) is 7.63. The third-order valence-corrected chi connectivity index (χ3v) is 5.61. The molecule has 2 aliphatic heterocycles. The molecule has 10 heteroatoms. The first-order valence-corrected chi connectivity index (χ1v) is 10.3. The number of aromatic nitrogens is 4. The molecule has 2 aliphatic rings. The fourth-order valence-electron chi connectivity index (χ4n) is 3.78. The van der Waals surface area contributed by atoms with Crippen LogP contribution in [-0.4, -0.2) is 70.1 Å². The first-order valence-electron chi connectivity index (χ1n) is 10.3. The van der Waals surface area contributed by atoms with Crippen LogP contribution in [0.5, 0.6) is 0 Å². The van der Waals surface area contributed by atoms with Gasteiger partial charge in [0.2, 0.25) is 5.95 Å². The maximum Gasteiger partial charge on any atom is 0.264 e. The normalized spacial score (nSPS) is 17.7. The van der Waals surface area contributed by atoms with E-state index in [0.29, 0.717) is 23.6 Å². The molecule has 5 rings (SSSR count). The number of alkyl halides is 2. The monoisotopic (exact) mass is 427 g/mol. The maximum absolute atomic E-state index is 13.5. The fraction of sp³-hybridized carbons (Fsp3) is 0.381. The molecule has 1 aromatic carbocycles. The Kier molecular flexibility index (Phi) is 5.47. The summed E-state index contributed by atoms with van der Waals surface area (Å²) < 4.78 is 34.0. The molecule has 2 fully saturated rings. The molecule has 3 aromatic rings. The summed E-state index contributed by atoms with van der Waals surface area (Å²) in [5, 5.41) is 7.35. The molecule has 0 spiro atoms. The lowest BCUT2D eigenvalue weighted by molar-refractivity contribution is -0.0661. The standard InChI is InChI=1S/C21H23F2N7O/c22-20(23)15-10-18(26-21-24-14-30(27-21)16-4-2-1-3-5-16)25-19(11-15)29-8-6-28(7-9-29)17-12-31-13-17/h1-5,10-11,14,17,20H,6-9,12-13H2,(H,25,26,27). The van der Waals surface area contributed by atoms with Gasteiger partial charge >= 0.3 is 0 Å². The van der Waals surface area contributed by atoms with E-state index in [4.69, 9.17) is 4.74 Å². The maximum atomic E-state index is 13.5. The van der Waals surface area contributed by atoms with Crippen LogP contribution in [0.15, 0.2) is 48.8 Å². The molecule has 0 unspecified atom stereocenters. The van der Waals surface area contributed by atoms with E-state index in [9.17, 15) is 8.78 Å². The van der Waals surface area contributed by atoms with Crippen molar-refractivity contribution in [3.63, 3.8) is 0 Å². The number of nitrogens with zero attached hydrogens (tertiary/aromatic N) is 6. The third-order valence-electron chi connectivity index (χ3n) is 5.61. The van der Waals surface area contributed by atoms with Gasteiger partial charge < -0.3 is 15.0 Å². The molecule has 31 heavy (non-hydrogen) atoms. The number of halogens is 2. The minimum Gasteiger partial charge on any atom is -0.378 e. The molecule has 1 N–H and O–H groups in total. The lowest BCUT2D eigenvalue weighted by atomic mass is 10.1. The average molecular weight is 427 g/mol. The zero-order valence-electron chi connectivity index (χ0n) is 16.9. The van der Waals surface area contributed by atoms with Gasteiger partial charge in [-0.2, -0.15) is 4.98 Å². The number of piperazine rings is 1. The van der Waals surface area contributed by atoms with Crippen molar-refractivity contribution < 1.29 is 13.5 Å². The number of hydrogen-bond acceptors (Lipinski definition) is 7. The number of hydrogen-bond donors (Lipinski definition) is 1. The van der Waals surface area contributed by atoms with Crippen LogP contribution >= 0.6 is 0 Å². The smallest absolute Gasteiger partial charge is 0.264 e. The van der Waals surface area contributed by atoms with E-state index in [0.717, 1.165) is 45.1 Å². The van der Waals surface area contributed by atoms with E-state index >= 15 is 0 Å². The molecule has 2 aromatic heterocycles. The van der Waals surface area contributed by atoms with E-state index in [-0.39, 0.29) is 5.56 Å². The highest BCUT2D eigenvalue weighted by Crippen LogP contribution is 2.28. The Morgan fingerprint density at radius 3 is 2.48 bits per heavy atom. The van der Waals surface area contributed by atoms with Crippen LogP contribution in [0, 0.1) is 0 Å². The summed E-state index contributed by atoms with van der Waals surface area (Å²) in [5.41, 5.74) is 0.776. The fourth-order valence-corrected chi connectivity index (χ4v) is 3.78. The van der Waals surface area contributed by atoms with Gasteiger partial charge in [0.25, 0.3) is 6.43 Å². The number of rotatable bonds is 6. The van der Waals surface area contributed by atoms with Gasteiger partial charge in [0, 0.05) is 31.7 Å². The third kappa shape index (κ3) is 4.35. The number of benzene rings is 1. The van der Waals surface area contributed by atoms with E-state index in [1.54, 1.807) is 11.0 Å². The molecule has 0 atom stereocenters. The number of anilines is 3. The zero-order chi connectivity index (χ0) is 21.2. The molecule has 4 heterocycles. The molecular formula is C21H23F2N7O. The van der Waals surface area contributed by atoms with Gasteiger partial charge in [-0.1, -0.05) is 18.2 Å². The first-order chi connectivity index (χ1) is 15.2. The van der Waals surface area contributed by atoms with Crippen molar-refractivity contribution in [1.82, 2.24) is 24.6 Å². The van der Waals surface area contributed by atoms with E-state index in [1.165, 1.54) is 12.1 Å². The largest absolute Gasteiger partial charge is 0.378 e. The van der Waals surface area contributed by atoms with Crippen molar-refractivity contribution in [2.45, 2.75) is 12.5 Å². The summed E-state index contributed by atoms with van der Waals surface area (Å²) in [6, 6.07) is 12.8. The van der Waals surface area contributed by atoms with Crippen LogP contribution in [0.4, 0.5) is 26.4 Å². The molecule has 0 aliphatic carbocycles. The van der Waals surface area contributed by atoms with E-state index in [2.05, 4.69) is 25.3 Å². The first kappa shape index (κ1) is 19.8. The Balaban J connectivity index is 1.33. The number of pyridine rings is 1. The molecule has 0 saturated carbocycles. The molecule has 0 amide bonds. The van der Waals surface area contributed by atoms with Gasteiger partial charge in [-0.25, -0.2) is 18.4 Å². The molecule has 0 bridgehead atoms. The summed E-state index contributed by atoms with van der Waals surface area (Å²) in [7, 11) is 0. The number of ether oxygens (including phenoxy) is 1. The van der Waals surface area contributed by atoms with Gasteiger partial charge in [-0.05, 0) is 24.3 Å². The van der Waals surface area contributed by atoms with Crippen molar-refractivity contribution >= 4 is 17.6 Å². The molecule has 2 saturated heterocycles. The van der Waals surface area contributed by atoms with Crippen molar-refractivity contribution in [1.29, 1.82) is 0 Å². The van der Waals surface area contributed by atoms with Crippen molar-refractivity contribution in [3.8, 4) is 5.69 Å². The average Bonchev–Trinajstić information content (AvgIpc) is 3.22. The van der Waals surface area contributed by atoms with Crippen LogP contribution in [0.1, 0.15) is 12.0 Å². The lowest BCUT2D eigenvalue weighted by Crippen LogP contribution is -2.56. The highest BCUT2D eigenvalue weighted by Gasteiger charge is 2.29. The van der Waals surface area contributed by atoms with Crippen LogP contribution in [0.25, 0.3) is 5.69 Å². The van der Waals surface area contributed by atoms with Crippen molar-refractivity contribution in [3.05, 3.63) is 54.4 Å². The van der Waals surface area contributed by atoms with Gasteiger partial charge in [0.05, 0.1) is 24.9 Å². The predicted molar refractivity (Wildman–Crippen MR) is 112 cm³/mol. The summed E-state index contributed by atoms with van der Waals surface area (Å²) in [4.78, 5) is 13.2. The second-order valence-electron chi connectivity index (χ2n) is 7.63. The molecular weight excluding hydrogens is 404 g/mol. The number of para-hydroxylation sites is 1. The van der Waals surface area contributed by atoms with Gasteiger partial charge in [-0.15, -0.1) is 5.10 Å². The highest BCUT2D eigenvalue weighted by molar-refractivity contribution is 5.55. The zero-order valence-corrected chi connectivity index (χ0v) is 16.9. The summed E-state index contributed by atoms with van der Waals surface area (Å²) in [6.45, 7) is 4.74. The minimum absolute atomic E-state index is 0.0789. The Hall–Kier alpha value is -3.11. The second kappa shape index (κ2) is 8.56. The van der Waals surface area contributed by atoms with Gasteiger partial charge in [0.15, 0.2) is 0 Å². The Morgan fingerprint density at radius 2 is 1.81 bits per heavy atom. The summed E-state index contributed by atoms with van der Waals surface area (Å²) >= 11 is 0. The summed E-state index contributed by atoms with van der Waals surface area (Å²) in [6.07, 6.45) is -1.02. The van der Waals surface area contributed by atoms with Crippen LogP contribution in [-0.2, 0) is 4.74 Å². The summed E-state index contributed by atoms with van der Waals surface area (Å²) in [5.74, 6) is 1.13. The molecule has 8 nitrogen and oxygen atoms in total. The Bertz CT molecular complexity index is 1020. The van der Waals surface area contributed by atoms with Crippen LogP contribution < -0.4 is 10.2 Å². The lowest BCUT2D eigenvalue weighted by Gasteiger charge is -2.42. The van der Waals surface area contributed by atoms with Gasteiger partial charge in [0.1, 0.15) is 18.0 Å². The predicted octanol–water partition coefficient (Wildman–Crippen LogP) is 2.86. The molecule has 0 radical (unpaired) electrons. The topological polar surface area (TPSA) is 71.3 Å². The minimum atomic E-state index is -2.59. The van der Waals surface area contributed by atoms with Crippen molar-refractivity contribution in [2.75, 3.05) is 49.6 Å². The van der Waals surface area contributed by atoms with Crippen LogP contribution in [0.3, 0.4) is 0 Å². The highest BCUT2D eigenvalue weighted by atomic mass is 19.3. The quantitative estimate of drug-likeness (QED) is 0.649. The van der Waals surface area contributed by atoms with Gasteiger partial charge in [-0.3, -0.25) is 4.90 Å². The van der Waals surface area contributed by atoms with Crippen molar-refractivity contribution in [2.24, 2.45) is 0 Å². The Labute approximate surface area is 178 Å². The van der Waals surface area contributed by atoms with E-state index < -0.39 is 6.43 Å². The SMILES string of the molecule is FC(F)c1cc(Nc2ncn(-c3ccccc3)n2)nc(N2CCN(C3COC3)CC2)c1. The van der Waals surface area contributed by atoms with Crippen LogP contribution in [0.2, 0.25) is 0 Å². The molecule has 162 valence electrons. The van der Waals surface area contributed by atoms with E-state index in [1.807, 2.05) is 35.2 Å².